The van der Waals surface area contributed by atoms with Gasteiger partial charge in [-0.1, -0.05) is 30.4 Å². The number of anilines is 1. The molecule has 146 valence electrons. The number of halogens is 1. The Hall–Kier alpha value is -2.83. The molecule has 6 atom stereocenters. The zero-order chi connectivity index (χ0) is 19.7. The number of para-hydroxylation sites is 1. The maximum atomic E-state index is 13.7. The van der Waals surface area contributed by atoms with Gasteiger partial charge in [0.25, 0.3) is 0 Å². The molecule has 0 radical (unpaired) electrons. The highest BCUT2D eigenvalue weighted by atomic mass is 19.1. The smallest absolute Gasteiger partial charge is 0.218 e. The zero-order valence-corrected chi connectivity index (χ0v) is 15.4. The zero-order valence-electron chi connectivity index (χ0n) is 15.4. The predicted molar refractivity (Wildman–Crippen MR) is 103 cm³/mol. The maximum absolute atomic E-state index is 13.7. The maximum Gasteiger partial charge on any atom is 0.218 e. The van der Waals surface area contributed by atoms with E-state index in [-0.39, 0.29) is 35.5 Å². The molecule has 3 fully saturated rings. The number of rotatable bonds is 2. The number of ether oxygens (including phenoxy) is 2. The summed E-state index contributed by atoms with van der Waals surface area (Å²) in [4.78, 5) is 28.8. The van der Waals surface area contributed by atoms with Crippen LogP contribution in [-0.4, -0.2) is 42.7 Å². The summed E-state index contributed by atoms with van der Waals surface area (Å²) in [6, 6.07) is 12.6. The number of nitrogens with zero attached hydrogens (tertiary/aromatic N) is 1. The molecule has 0 unspecified atom stereocenters. The van der Waals surface area contributed by atoms with E-state index in [0.717, 1.165) is 11.3 Å². The van der Waals surface area contributed by atoms with Gasteiger partial charge in [0, 0.05) is 17.2 Å². The summed E-state index contributed by atoms with van der Waals surface area (Å²) in [6.07, 6.45) is 2.88. The Morgan fingerprint density at radius 1 is 1.10 bits per heavy atom. The first-order chi connectivity index (χ1) is 14.1. The minimum Gasteiger partial charge on any atom is -0.353 e. The lowest BCUT2D eigenvalue weighted by Crippen LogP contribution is -2.48. The molecule has 4 heterocycles. The van der Waals surface area contributed by atoms with Gasteiger partial charge in [0.2, 0.25) is 6.29 Å². The van der Waals surface area contributed by atoms with E-state index < -0.39 is 18.1 Å². The first-order valence-corrected chi connectivity index (χ1v) is 9.79. The van der Waals surface area contributed by atoms with Crippen molar-refractivity contribution in [1.29, 1.82) is 0 Å². The Balaban J connectivity index is 1.52. The summed E-state index contributed by atoms with van der Waals surface area (Å²) >= 11 is 0. The molecule has 0 N–H and O–H groups in total. The minimum absolute atomic E-state index is 0.0998. The Kier molecular flexibility index (Phi) is 3.58. The van der Waals surface area contributed by atoms with Gasteiger partial charge in [0.1, 0.15) is 5.82 Å². The number of fused-ring (bicyclic) bond motifs is 8. The average molecular weight is 391 g/mol. The second-order valence-corrected chi connectivity index (χ2v) is 7.98. The number of carbonyl (C=O) groups excluding carboxylic acids is 2. The number of carbonyl (C=O) groups is 2. The number of hydrogen-bond donors (Lipinski definition) is 0. The molecule has 2 aromatic rings. The highest BCUT2D eigenvalue weighted by Gasteiger charge is 2.63. The van der Waals surface area contributed by atoms with E-state index in [2.05, 4.69) is 4.90 Å². The van der Waals surface area contributed by atoms with Crippen LogP contribution >= 0.6 is 0 Å². The molecule has 6 heteroatoms. The van der Waals surface area contributed by atoms with Gasteiger partial charge in [-0.2, -0.15) is 0 Å². The number of benzene rings is 2. The fraction of sp³-hybridized carbons (Fsp3) is 0.304. The standard InChI is InChI=1S/C23H18FNO4/c24-14-8-5-13(6-9-14)21(26)20-19-17-11-28-23(29-17)22(27)18(19)16-10-7-12-3-1-2-4-15(12)25(16)20/h1-10,16-20,23H,11H2/t16-,17+,18+,19+,20+,23+/m1/s1. The van der Waals surface area contributed by atoms with Crippen LogP contribution in [0.5, 0.6) is 0 Å². The van der Waals surface area contributed by atoms with Crippen LogP contribution in [0.2, 0.25) is 0 Å². The second-order valence-electron chi connectivity index (χ2n) is 7.98. The summed E-state index contributed by atoms with van der Waals surface area (Å²) in [6.45, 7) is 0.302. The van der Waals surface area contributed by atoms with Crippen molar-refractivity contribution in [3.05, 3.63) is 71.6 Å². The molecule has 0 amide bonds. The lowest BCUT2D eigenvalue weighted by atomic mass is 9.77. The first kappa shape index (κ1) is 17.1. The van der Waals surface area contributed by atoms with E-state index in [1.165, 1.54) is 24.3 Å². The Bertz CT molecular complexity index is 1050. The van der Waals surface area contributed by atoms with Crippen LogP contribution in [-0.2, 0) is 14.3 Å². The predicted octanol–water partition coefficient (Wildman–Crippen LogP) is 2.85. The molecule has 2 aromatic carbocycles. The topological polar surface area (TPSA) is 55.8 Å². The summed E-state index contributed by atoms with van der Waals surface area (Å²) in [5.74, 6) is -1.32. The third-order valence-corrected chi connectivity index (χ3v) is 6.55. The highest BCUT2D eigenvalue weighted by Crippen LogP contribution is 2.50. The van der Waals surface area contributed by atoms with Gasteiger partial charge in [-0.25, -0.2) is 4.39 Å². The largest absolute Gasteiger partial charge is 0.353 e. The van der Waals surface area contributed by atoms with Crippen molar-refractivity contribution in [2.45, 2.75) is 24.5 Å². The van der Waals surface area contributed by atoms with Gasteiger partial charge in [0.05, 0.1) is 30.7 Å². The molecule has 29 heavy (non-hydrogen) atoms. The SMILES string of the molecule is O=C1[C@H]2OC[C@H](O2)[C@H]2[C@@H]1[C@H]1C=Cc3ccccc3N1[C@@H]2C(=O)c1ccc(F)cc1. The van der Waals surface area contributed by atoms with E-state index >= 15 is 0 Å². The van der Waals surface area contributed by atoms with Gasteiger partial charge in [-0.05, 0) is 35.9 Å². The van der Waals surface area contributed by atoms with Gasteiger partial charge in [0.15, 0.2) is 11.6 Å². The van der Waals surface area contributed by atoms with Crippen LogP contribution in [0.15, 0.2) is 54.6 Å². The molecule has 0 spiro atoms. The summed E-state index contributed by atoms with van der Waals surface area (Å²) in [5, 5.41) is 0. The molecule has 0 saturated carbocycles. The summed E-state index contributed by atoms with van der Waals surface area (Å²) < 4.78 is 24.8. The van der Waals surface area contributed by atoms with Gasteiger partial charge in [-0.15, -0.1) is 0 Å². The molecule has 5 nitrogen and oxygen atoms in total. The molecule has 0 aromatic heterocycles. The monoisotopic (exact) mass is 391 g/mol. The van der Waals surface area contributed by atoms with Crippen molar-refractivity contribution in [2.75, 3.05) is 11.5 Å². The van der Waals surface area contributed by atoms with Gasteiger partial charge >= 0.3 is 0 Å². The van der Waals surface area contributed by atoms with Gasteiger partial charge < -0.3 is 14.4 Å². The number of ketones is 2. The quantitative estimate of drug-likeness (QED) is 0.737. The fourth-order valence-corrected chi connectivity index (χ4v) is 5.36. The van der Waals surface area contributed by atoms with Gasteiger partial charge in [-0.3, -0.25) is 9.59 Å². The molecule has 0 aliphatic carbocycles. The van der Waals surface area contributed by atoms with E-state index in [1.54, 1.807) is 0 Å². The van der Waals surface area contributed by atoms with Crippen molar-refractivity contribution < 1.29 is 23.5 Å². The van der Waals surface area contributed by atoms with Crippen LogP contribution in [0.3, 0.4) is 0 Å². The highest BCUT2D eigenvalue weighted by molar-refractivity contribution is 6.05. The van der Waals surface area contributed by atoms with Crippen LogP contribution < -0.4 is 4.90 Å². The van der Waals surface area contributed by atoms with Crippen molar-refractivity contribution in [3.63, 3.8) is 0 Å². The van der Waals surface area contributed by atoms with Crippen LogP contribution in [0.1, 0.15) is 15.9 Å². The van der Waals surface area contributed by atoms with Crippen molar-refractivity contribution in [3.8, 4) is 0 Å². The molecule has 4 aliphatic heterocycles. The van der Waals surface area contributed by atoms with Crippen LogP contribution in [0.4, 0.5) is 10.1 Å². The van der Waals surface area contributed by atoms with Crippen LogP contribution in [0, 0.1) is 17.7 Å². The van der Waals surface area contributed by atoms with Crippen LogP contribution in [0.25, 0.3) is 6.08 Å². The van der Waals surface area contributed by atoms with Crippen molar-refractivity contribution in [2.24, 2.45) is 11.8 Å². The third-order valence-electron chi connectivity index (χ3n) is 6.55. The normalized spacial score (nSPS) is 34.0. The van der Waals surface area contributed by atoms with E-state index in [9.17, 15) is 14.0 Å². The Labute approximate surface area is 166 Å². The average Bonchev–Trinajstić information content (AvgIpc) is 3.33. The molecule has 3 saturated heterocycles. The minimum atomic E-state index is -0.839. The number of hydrogen-bond acceptors (Lipinski definition) is 5. The van der Waals surface area contributed by atoms with Crippen molar-refractivity contribution in [1.82, 2.24) is 0 Å². The van der Waals surface area contributed by atoms with E-state index in [1.807, 2.05) is 36.4 Å². The molecule has 6 rings (SSSR count). The Morgan fingerprint density at radius 3 is 2.72 bits per heavy atom. The van der Waals surface area contributed by atoms with E-state index in [0.29, 0.717) is 12.2 Å². The molecular formula is C23H18FNO4. The lowest BCUT2D eigenvalue weighted by molar-refractivity contribution is -0.163. The first-order valence-electron chi connectivity index (χ1n) is 9.79. The fourth-order valence-electron chi connectivity index (χ4n) is 5.36. The summed E-state index contributed by atoms with van der Waals surface area (Å²) in [5.41, 5.74) is 2.37. The number of Topliss-reactive ketones (excluding diaryl/α,β-unsaturated/α-hetero) is 2. The lowest BCUT2D eigenvalue weighted by Gasteiger charge is -2.35. The molecular weight excluding hydrogens is 373 g/mol. The van der Waals surface area contributed by atoms with E-state index in [4.69, 9.17) is 9.47 Å². The molecule has 4 aliphatic rings. The summed E-state index contributed by atoms with van der Waals surface area (Å²) in [7, 11) is 0. The second kappa shape index (κ2) is 6.08. The third kappa shape index (κ3) is 2.33. The molecule has 2 bridgehead atoms. The Morgan fingerprint density at radius 2 is 1.90 bits per heavy atom. The van der Waals surface area contributed by atoms with Crippen molar-refractivity contribution >= 4 is 23.3 Å².